The second kappa shape index (κ2) is 7.74. The van der Waals surface area contributed by atoms with E-state index in [-0.39, 0.29) is 0 Å². The van der Waals surface area contributed by atoms with Gasteiger partial charge in [-0.2, -0.15) is 5.10 Å². The lowest BCUT2D eigenvalue weighted by Crippen LogP contribution is -1.99. The number of ether oxygens (including phenoxy) is 1. The summed E-state index contributed by atoms with van der Waals surface area (Å²) in [5, 5.41) is 4.30. The number of benzene rings is 3. The molecule has 0 atom stereocenters. The third-order valence-corrected chi connectivity index (χ3v) is 4.17. The molecule has 0 saturated heterocycles. The van der Waals surface area contributed by atoms with E-state index in [4.69, 9.17) is 4.74 Å². The number of anilines is 1. The first-order valence-electron chi connectivity index (χ1n) is 8.79. The van der Waals surface area contributed by atoms with Crippen LogP contribution in [0, 0.1) is 6.92 Å². The second-order valence-electron chi connectivity index (χ2n) is 6.29. The Balaban J connectivity index is 1.45. The number of para-hydroxylation sites is 1. The van der Waals surface area contributed by atoms with Gasteiger partial charge in [0.1, 0.15) is 12.4 Å². The molecular formula is C22H20N4O. The molecule has 2 N–H and O–H groups in total. The molecule has 0 spiro atoms. The van der Waals surface area contributed by atoms with Crippen LogP contribution in [0.1, 0.15) is 16.7 Å². The van der Waals surface area contributed by atoms with Gasteiger partial charge in [-0.15, -0.1) is 0 Å². The second-order valence-corrected chi connectivity index (χ2v) is 6.29. The number of hydrazone groups is 1. The SMILES string of the molecule is Cc1ccc2nc(N/N=C\c3ccccc3OCc3ccccc3)[nH]c2c1. The molecule has 0 aliphatic carbocycles. The van der Waals surface area contributed by atoms with Crippen molar-refractivity contribution in [3.63, 3.8) is 0 Å². The Hall–Kier alpha value is -3.60. The lowest BCUT2D eigenvalue weighted by Gasteiger charge is -2.08. The Morgan fingerprint density at radius 2 is 1.85 bits per heavy atom. The number of rotatable bonds is 6. The average molecular weight is 356 g/mol. The third-order valence-electron chi connectivity index (χ3n) is 4.17. The van der Waals surface area contributed by atoms with Crippen LogP contribution in [0.5, 0.6) is 5.75 Å². The molecule has 0 bridgehead atoms. The summed E-state index contributed by atoms with van der Waals surface area (Å²) >= 11 is 0. The van der Waals surface area contributed by atoms with Crippen molar-refractivity contribution in [1.29, 1.82) is 0 Å². The largest absolute Gasteiger partial charge is 0.488 e. The Morgan fingerprint density at radius 1 is 1.04 bits per heavy atom. The predicted octanol–water partition coefficient (Wildman–Crippen LogP) is 4.90. The molecule has 0 aliphatic rings. The Morgan fingerprint density at radius 3 is 2.74 bits per heavy atom. The molecule has 0 amide bonds. The molecule has 0 radical (unpaired) electrons. The molecule has 1 heterocycles. The Labute approximate surface area is 157 Å². The number of nitrogens with zero attached hydrogens (tertiary/aromatic N) is 2. The van der Waals surface area contributed by atoms with Gasteiger partial charge in [-0.3, -0.25) is 0 Å². The number of hydrogen-bond donors (Lipinski definition) is 2. The van der Waals surface area contributed by atoms with Crippen LogP contribution in [0.3, 0.4) is 0 Å². The molecule has 1 aromatic heterocycles. The van der Waals surface area contributed by atoms with Gasteiger partial charge in [0.05, 0.1) is 17.2 Å². The summed E-state index contributed by atoms with van der Waals surface area (Å²) in [6.45, 7) is 2.57. The van der Waals surface area contributed by atoms with E-state index in [1.165, 1.54) is 5.56 Å². The lowest BCUT2D eigenvalue weighted by molar-refractivity contribution is 0.306. The summed E-state index contributed by atoms with van der Waals surface area (Å²) in [4.78, 5) is 7.69. The fourth-order valence-electron chi connectivity index (χ4n) is 2.79. The number of aromatic nitrogens is 2. The van der Waals surface area contributed by atoms with Gasteiger partial charge in [0.25, 0.3) is 0 Å². The topological polar surface area (TPSA) is 62.3 Å². The lowest BCUT2D eigenvalue weighted by atomic mass is 10.2. The van der Waals surface area contributed by atoms with Gasteiger partial charge in [0.15, 0.2) is 0 Å². The maximum absolute atomic E-state index is 5.94. The average Bonchev–Trinajstić information content (AvgIpc) is 3.10. The highest BCUT2D eigenvalue weighted by Crippen LogP contribution is 2.18. The molecule has 4 rings (SSSR count). The van der Waals surface area contributed by atoms with E-state index in [1.54, 1.807) is 6.21 Å². The molecule has 0 saturated carbocycles. The van der Waals surface area contributed by atoms with E-state index >= 15 is 0 Å². The summed E-state index contributed by atoms with van der Waals surface area (Å²) in [5.74, 6) is 1.39. The molecule has 4 aromatic rings. The van der Waals surface area contributed by atoms with Crippen LogP contribution < -0.4 is 10.2 Å². The molecule has 0 unspecified atom stereocenters. The number of hydrogen-bond acceptors (Lipinski definition) is 4. The van der Waals surface area contributed by atoms with Gasteiger partial charge in [-0.25, -0.2) is 10.4 Å². The minimum Gasteiger partial charge on any atom is -0.488 e. The van der Waals surface area contributed by atoms with Crippen molar-refractivity contribution in [2.45, 2.75) is 13.5 Å². The van der Waals surface area contributed by atoms with Gasteiger partial charge in [-0.05, 0) is 42.3 Å². The molecule has 27 heavy (non-hydrogen) atoms. The Bertz CT molecular complexity index is 1070. The monoisotopic (exact) mass is 356 g/mol. The summed E-state index contributed by atoms with van der Waals surface area (Å²) in [7, 11) is 0. The minimum absolute atomic E-state index is 0.516. The van der Waals surface area contributed by atoms with Crippen LogP contribution in [0.15, 0.2) is 77.9 Å². The standard InChI is InChI=1S/C22H20N4O/c1-16-11-12-19-20(13-16)25-22(24-19)26-23-14-18-9-5-6-10-21(18)27-15-17-7-3-2-4-8-17/h2-14H,15H2,1H3,(H2,24,25,26)/b23-14-. The molecule has 5 nitrogen and oxygen atoms in total. The van der Waals surface area contributed by atoms with Crippen LogP contribution in [0.25, 0.3) is 11.0 Å². The minimum atomic E-state index is 0.516. The van der Waals surface area contributed by atoms with Crippen molar-refractivity contribution in [3.8, 4) is 5.75 Å². The number of fused-ring (bicyclic) bond motifs is 1. The van der Waals surface area contributed by atoms with E-state index in [0.29, 0.717) is 12.6 Å². The van der Waals surface area contributed by atoms with Crippen LogP contribution in [0.2, 0.25) is 0 Å². The maximum atomic E-state index is 5.94. The number of nitrogens with one attached hydrogen (secondary N) is 2. The first-order valence-corrected chi connectivity index (χ1v) is 8.79. The summed E-state index contributed by atoms with van der Waals surface area (Å²) in [6.07, 6.45) is 1.73. The summed E-state index contributed by atoms with van der Waals surface area (Å²) in [6, 6.07) is 24.0. The van der Waals surface area contributed by atoms with E-state index in [9.17, 15) is 0 Å². The van der Waals surface area contributed by atoms with Gasteiger partial charge >= 0.3 is 0 Å². The van der Waals surface area contributed by atoms with Gasteiger partial charge in [0.2, 0.25) is 5.95 Å². The number of aryl methyl sites for hydroxylation is 1. The predicted molar refractivity (Wildman–Crippen MR) is 109 cm³/mol. The van der Waals surface area contributed by atoms with Crippen molar-refractivity contribution in [2.75, 3.05) is 5.43 Å². The van der Waals surface area contributed by atoms with Crippen molar-refractivity contribution in [1.82, 2.24) is 9.97 Å². The van der Waals surface area contributed by atoms with Crippen LogP contribution >= 0.6 is 0 Å². The van der Waals surface area contributed by atoms with E-state index in [1.807, 2.05) is 66.7 Å². The van der Waals surface area contributed by atoms with Gasteiger partial charge < -0.3 is 9.72 Å². The first kappa shape index (κ1) is 16.8. The number of H-pyrrole nitrogens is 1. The van der Waals surface area contributed by atoms with Crippen molar-refractivity contribution >= 4 is 23.2 Å². The highest BCUT2D eigenvalue weighted by Gasteiger charge is 2.03. The zero-order valence-corrected chi connectivity index (χ0v) is 15.0. The molecular weight excluding hydrogens is 336 g/mol. The van der Waals surface area contributed by atoms with E-state index in [2.05, 4.69) is 33.5 Å². The molecule has 0 fully saturated rings. The fraction of sp³-hybridized carbons (Fsp3) is 0.0909. The Kier molecular flexibility index (Phi) is 4.83. The van der Waals surface area contributed by atoms with Crippen molar-refractivity contribution < 1.29 is 4.74 Å². The normalized spacial score (nSPS) is 11.1. The van der Waals surface area contributed by atoms with Crippen LogP contribution in [-0.2, 0) is 6.61 Å². The van der Waals surface area contributed by atoms with E-state index < -0.39 is 0 Å². The fourth-order valence-corrected chi connectivity index (χ4v) is 2.79. The van der Waals surface area contributed by atoms with Crippen LogP contribution in [0.4, 0.5) is 5.95 Å². The van der Waals surface area contributed by atoms with Crippen molar-refractivity contribution in [3.05, 3.63) is 89.5 Å². The zero-order valence-electron chi connectivity index (χ0n) is 15.0. The number of aromatic amines is 1. The molecule has 3 aromatic carbocycles. The molecule has 0 aliphatic heterocycles. The quantitative estimate of drug-likeness (QED) is 0.382. The first-order chi connectivity index (χ1) is 13.3. The van der Waals surface area contributed by atoms with Gasteiger partial charge in [0, 0.05) is 5.56 Å². The van der Waals surface area contributed by atoms with E-state index in [0.717, 1.165) is 27.9 Å². The van der Waals surface area contributed by atoms with Crippen molar-refractivity contribution in [2.24, 2.45) is 5.10 Å². The highest BCUT2D eigenvalue weighted by molar-refractivity contribution is 5.84. The maximum Gasteiger partial charge on any atom is 0.222 e. The highest BCUT2D eigenvalue weighted by atomic mass is 16.5. The number of imidazole rings is 1. The molecule has 5 heteroatoms. The van der Waals surface area contributed by atoms with Crippen LogP contribution in [-0.4, -0.2) is 16.2 Å². The summed E-state index contributed by atoms with van der Waals surface area (Å²) in [5.41, 5.74) is 8.05. The molecule has 134 valence electrons. The third kappa shape index (κ3) is 4.15. The zero-order chi connectivity index (χ0) is 18.5. The summed E-state index contributed by atoms with van der Waals surface area (Å²) < 4.78 is 5.94. The van der Waals surface area contributed by atoms with Gasteiger partial charge in [-0.1, -0.05) is 48.5 Å². The smallest absolute Gasteiger partial charge is 0.222 e.